The van der Waals surface area contributed by atoms with Crippen LogP contribution in [0.15, 0.2) is 48.6 Å². The van der Waals surface area contributed by atoms with Crippen molar-refractivity contribution in [1.82, 2.24) is 0 Å². The summed E-state index contributed by atoms with van der Waals surface area (Å²) in [6.45, 7) is 2.38. The predicted molar refractivity (Wildman–Crippen MR) is 238 cm³/mol. The van der Waals surface area contributed by atoms with Crippen molar-refractivity contribution in [3.63, 3.8) is 0 Å². The summed E-state index contributed by atoms with van der Waals surface area (Å²) in [6, 6.07) is 0. The second kappa shape index (κ2) is 35.7. The van der Waals surface area contributed by atoms with Gasteiger partial charge in [-0.2, -0.15) is 0 Å². The molecule has 11 unspecified atom stereocenters. The van der Waals surface area contributed by atoms with Gasteiger partial charge in [0.25, 0.3) is 0 Å². The largest absolute Gasteiger partial charge is 0.462 e. The first kappa shape index (κ1) is 56.6. The van der Waals surface area contributed by atoms with E-state index in [1.54, 1.807) is 0 Å². The molecule has 11 atom stereocenters. The minimum Gasteiger partial charge on any atom is -0.462 e. The lowest BCUT2D eigenvalue weighted by Gasteiger charge is -2.42. The van der Waals surface area contributed by atoms with Gasteiger partial charge in [-0.25, -0.2) is 0 Å². The lowest BCUT2D eigenvalue weighted by Crippen LogP contribution is -2.61. The molecule has 0 amide bonds. The molecule has 63 heavy (non-hydrogen) atoms. The van der Waals surface area contributed by atoms with Crippen molar-refractivity contribution in [3.05, 3.63) is 48.6 Å². The maximum absolute atomic E-state index is 12.9. The minimum absolute atomic E-state index is 0.0442. The van der Waals surface area contributed by atoms with E-state index in [0.29, 0.717) is 19.3 Å². The van der Waals surface area contributed by atoms with E-state index in [4.69, 9.17) is 28.4 Å². The van der Waals surface area contributed by atoms with E-state index < -0.39 is 99.3 Å². The topological polar surface area (TPSA) is 231 Å². The first-order valence-electron chi connectivity index (χ1n) is 23.7. The van der Waals surface area contributed by atoms with Gasteiger partial charge < -0.3 is 64.2 Å². The van der Waals surface area contributed by atoms with Crippen molar-refractivity contribution in [2.45, 2.75) is 216 Å². The number of aliphatic hydroxyl groups excluding tert-OH is 7. The number of unbranched alkanes of at least 4 members (excludes halogenated alkanes) is 13. The second-order valence-corrected chi connectivity index (χ2v) is 16.6. The fraction of sp³-hybridized carbons (Fsp3) is 0.792. The predicted octanol–water partition coefficient (Wildman–Crippen LogP) is 5.54. The van der Waals surface area contributed by atoms with Crippen LogP contribution in [0.25, 0.3) is 0 Å². The highest BCUT2D eigenvalue weighted by Gasteiger charge is 2.47. The van der Waals surface area contributed by atoms with Crippen molar-refractivity contribution in [2.24, 2.45) is 0 Å². The third-order valence-corrected chi connectivity index (χ3v) is 11.1. The van der Waals surface area contributed by atoms with Gasteiger partial charge in [-0.1, -0.05) is 146 Å². The zero-order chi connectivity index (χ0) is 46.1. The highest BCUT2D eigenvalue weighted by molar-refractivity contribution is 5.70. The van der Waals surface area contributed by atoms with Gasteiger partial charge in [-0.05, 0) is 38.5 Å². The Balaban J connectivity index is 1.87. The van der Waals surface area contributed by atoms with Gasteiger partial charge >= 0.3 is 11.9 Å². The van der Waals surface area contributed by atoms with Gasteiger partial charge in [-0.15, -0.1) is 0 Å². The number of aliphatic hydroxyl groups is 7. The van der Waals surface area contributed by atoms with Gasteiger partial charge in [0.1, 0.15) is 55.4 Å². The first-order chi connectivity index (χ1) is 30.5. The lowest BCUT2D eigenvalue weighted by molar-refractivity contribution is -0.332. The van der Waals surface area contributed by atoms with Crippen molar-refractivity contribution in [1.29, 1.82) is 0 Å². The Morgan fingerprint density at radius 3 is 1.54 bits per heavy atom. The van der Waals surface area contributed by atoms with E-state index >= 15 is 0 Å². The Labute approximate surface area is 376 Å². The Hall–Kier alpha value is -2.54. The molecule has 15 heteroatoms. The highest BCUT2D eigenvalue weighted by atomic mass is 16.7. The number of rotatable bonds is 35. The Kier molecular flexibility index (Phi) is 32.1. The normalized spacial score (nSPS) is 27.3. The molecule has 0 aromatic heterocycles. The van der Waals surface area contributed by atoms with Crippen molar-refractivity contribution in [2.75, 3.05) is 26.4 Å². The maximum atomic E-state index is 12.9. The van der Waals surface area contributed by atoms with Crippen LogP contribution in [0, 0.1) is 0 Å². The van der Waals surface area contributed by atoms with Crippen LogP contribution in [-0.2, 0) is 38.0 Å². The summed E-state index contributed by atoms with van der Waals surface area (Å²) in [6.07, 6.45) is 20.3. The van der Waals surface area contributed by atoms with Gasteiger partial charge in [0.2, 0.25) is 0 Å². The Morgan fingerprint density at radius 2 is 1.00 bits per heavy atom. The smallest absolute Gasteiger partial charge is 0.306 e. The molecule has 0 bridgehead atoms. The van der Waals surface area contributed by atoms with E-state index in [0.717, 1.165) is 38.5 Å². The van der Waals surface area contributed by atoms with Crippen LogP contribution in [0.5, 0.6) is 0 Å². The molecule has 0 saturated carbocycles. The Morgan fingerprint density at radius 1 is 0.524 bits per heavy atom. The average molecular weight is 899 g/mol. The summed E-state index contributed by atoms with van der Waals surface area (Å²) < 4.78 is 33.4. The van der Waals surface area contributed by atoms with Crippen molar-refractivity contribution >= 4 is 11.9 Å². The molecule has 2 heterocycles. The van der Waals surface area contributed by atoms with Crippen LogP contribution < -0.4 is 0 Å². The van der Waals surface area contributed by atoms with E-state index in [-0.39, 0.29) is 19.4 Å². The van der Waals surface area contributed by atoms with Crippen LogP contribution in [0.3, 0.4) is 0 Å². The third kappa shape index (κ3) is 24.5. The molecule has 364 valence electrons. The first-order valence-corrected chi connectivity index (χ1v) is 23.7. The van der Waals surface area contributed by atoms with Gasteiger partial charge in [0, 0.05) is 12.8 Å². The van der Waals surface area contributed by atoms with Crippen LogP contribution >= 0.6 is 0 Å². The van der Waals surface area contributed by atoms with E-state index in [1.807, 2.05) is 18.2 Å². The average Bonchev–Trinajstić information content (AvgIpc) is 3.28. The van der Waals surface area contributed by atoms with Gasteiger partial charge in [-0.3, -0.25) is 9.59 Å². The number of ether oxygens (including phenoxy) is 6. The molecule has 2 aliphatic rings. The fourth-order valence-electron chi connectivity index (χ4n) is 7.17. The third-order valence-electron chi connectivity index (χ3n) is 11.1. The summed E-state index contributed by atoms with van der Waals surface area (Å²) in [5, 5.41) is 71.9. The fourth-order valence-corrected chi connectivity index (χ4v) is 7.17. The summed E-state index contributed by atoms with van der Waals surface area (Å²) in [5.41, 5.74) is 0. The zero-order valence-electron chi connectivity index (χ0n) is 38.0. The molecular formula is C48H82O15. The van der Waals surface area contributed by atoms with E-state index in [9.17, 15) is 45.3 Å². The molecule has 15 nitrogen and oxygen atoms in total. The Bertz CT molecular complexity index is 1290. The van der Waals surface area contributed by atoms with Crippen LogP contribution in [0.1, 0.15) is 149 Å². The SMILES string of the molecule is CC/C=C\C/C=C\C/C=C\C/C=C\CCC(=O)OC(COC(=O)CCCCCCCCCCCCCCCC)COC1OC(COC2OC(CO)C(O)C(O)C2O)C(O)C(O)C1O. The molecule has 7 N–H and O–H groups in total. The zero-order valence-corrected chi connectivity index (χ0v) is 38.0. The number of carbonyl (C=O) groups is 2. The number of allylic oxidation sites excluding steroid dienone is 8. The van der Waals surface area contributed by atoms with Gasteiger partial charge in [0.15, 0.2) is 18.7 Å². The number of hydrogen-bond donors (Lipinski definition) is 7. The summed E-state index contributed by atoms with van der Waals surface area (Å²) in [4.78, 5) is 25.6. The molecule has 0 radical (unpaired) electrons. The van der Waals surface area contributed by atoms with Crippen LogP contribution in [0.2, 0.25) is 0 Å². The molecular weight excluding hydrogens is 817 g/mol. The summed E-state index contributed by atoms with van der Waals surface area (Å²) >= 11 is 0. The molecule has 2 aliphatic heterocycles. The van der Waals surface area contributed by atoms with E-state index in [1.165, 1.54) is 64.2 Å². The molecule has 2 fully saturated rings. The molecule has 0 aromatic rings. The number of hydrogen-bond acceptors (Lipinski definition) is 15. The standard InChI is InChI=1S/C48H82O15/c1-3-5-7-9-11-13-15-17-19-20-22-24-26-28-30-39(50)58-33-36(61-40(51)31-29-27-25-23-21-18-16-14-12-10-8-6-4-2)34-59-47-46(57)44(55)42(53)38(63-47)35-60-48-45(56)43(54)41(52)37(32-49)62-48/h6,8,12,14,18,21,25,27,36-38,41-49,52-57H,3-5,7,9-11,13,15-17,19-20,22-24,26,28-35H2,1-2H3/b8-6-,14-12-,21-18-,27-25-. The number of carbonyl (C=O) groups excluding carboxylic acids is 2. The van der Waals surface area contributed by atoms with Gasteiger partial charge in [0.05, 0.1) is 19.8 Å². The maximum Gasteiger partial charge on any atom is 0.306 e. The lowest BCUT2D eigenvalue weighted by atomic mass is 9.98. The second-order valence-electron chi connectivity index (χ2n) is 16.6. The van der Waals surface area contributed by atoms with Crippen molar-refractivity contribution < 1.29 is 73.8 Å². The van der Waals surface area contributed by atoms with Crippen molar-refractivity contribution in [3.8, 4) is 0 Å². The van der Waals surface area contributed by atoms with E-state index in [2.05, 4.69) is 44.2 Å². The van der Waals surface area contributed by atoms with Crippen LogP contribution in [0.4, 0.5) is 0 Å². The molecule has 0 aliphatic carbocycles. The molecule has 2 rings (SSSR count). The highest BCUT2D eigenvalue weighted by Crippen LogP contribution is 2.26. The minimum atomic E-state index is -1.78. The number of esters is 2. The summed E-state index contributed by atoms with van der Waals surface area (Å²) in [5.74, 6) is -1.02. The summed E-state index contributed by atoms with van der Waals surface area (Å²) in [7, 11) is 0. The quantitative estimate of drug-likeness (QED) is 0.0235. The molecule has 0 aromatic carbocycles. The monoisotopic (exact) mass is 899 g/mol. The molecule has 2 saturated heterocycles. The molecule has 0 spiro atoms. The van der Waals surface area contributed by atoms with Crippen LogP contribution in [-0.4, -0.2) is 142 Å².